The molecule has 3 rings (SSSR count). The average Bonchev–Trinajstić information content (AvgIpc) is 2.78. The maximum Gasteiger partial charge on any atom is 0.407 e. The number of aromatic nitrogens is 1. The van der Waals surface area contributed by atoms with Crippen molar-refractivity contribution in [2.75, 3.05) is 31.0 Å². The van der Waals surface area contributed by atoms with Crippen LogP contribution in [0.2, 0.25) is 0 Å². The molecular weight excluding hydrogens is 458 g/mol. The Balaban J connectivity index is 1.77. The number of anilines is 2. The second-order valence-electron chi connectivity index (χ2n) is 8.63. The smallest absolute Gasteiger partial charge is 0.407 e. The van der Waals surface area contributed by atoms with Gasteiger partial charge in [-0.25, -0.2) is 18.2 Å². The molecular formula is C24H33N3O6S. The number of rotatable bonds is 9. The fourth-order valence-electron chi connectivity index (χ4n) is 4.16. The minimum absolute atomic E-state index is 0.113. The van der Waals surface area contributed by atoms with Crippen molar-refractivity contribution in [3.8, 4) is 11.5 Å². The molecule has 2 N–H and O–H groups in total. The lowest BCUT2D eigenvalue weighted by Crippen LogP contribution is -2.46. The number of hydrogen-bond acceptors (Lipinski definition) is 7. The third-order valence-electron chi connectivity index (χ3n) is 6.01. The number of piperidine rings is 1. The van der Waals surface area contributed by atoms with Gasteiger partial charge < -0.3 is 24.8 Å². The summed E-state index contributed by atoms with van der Waals surface area (Å²) in [5.41, 5.74) is 2.86. The highest BCUT2D eigenvalue weighted by atomic mass is 32.2. The lowest BCUT2D eigenvalue weighted by Gasteiger charge is -2.36. The summed E-state index contributed by atoms with van der Waals surface area (Å²) in [5, 5.41) is 12.6. The molecule has 1 amide bonds. The largest absolute Gasteiger partial charge is 0.490 e. The van der Waals surface area contributed by atoms with Crippen molar-refractivity contribution in [1.82, 2.24) is 9.88 Å². The van der Waals surface area contributed by atoms with Gasteiger partial charge >= 0.3 is 6.09 Å². The van der Waals surface area contributed by atoms with Crippen LogP contribution in [0.3, 0.4) is 0 Å². The van der Waals surface area contributed by atoms with Gasteiger partial charge in [-0.2, -0.15) is 0 Å². The number of amides is 1. The molecule has 10 heteroatoms. The monoisotopic (exact) mass is 491 g/mol. The summed E-state index contributed by atoms with van der Waals surface area (Å²) >= 11 is 0. The summed E-state index contributed by atoms with van der Waals surface area (Å²) in [6.07, 6.45) is 4.26. The number of hydrogen-bond donors (Lipinski definition) is 2. The molecule has 1 aromatic carbocycles. The van der Waals surface area contributed by atoms with Gasteiger partial charge in [0.05, 0.1) is 12.9 Å². The predicted molar refractivity (Wildman–Crippen MR) is 131 cm³/mol. The summed E-state index contributed by atoms with van der Waals surface area (Å²) in [6.45, 7) is 4.34. The molecule has 186 valence electrons. The van der Waals surface area contributed by atoms with Gasteiger partial charge in [0.2, 0.25) is 5.75 Å². The normalized spacial score (nSPS) is 18.4. The number of carboxylic acid groups (broad SMARTS) is 1. The maximum atomic E-state index is 11.5. The second kappa shape index (κ2) is 10.9. The lowest BCUT2D eigenvalue weighted by atomic mass is 10.0. The molecule has 1 unspecified atom stereocenters. The van der Waals surface area contributed by atoms with Crippen LogP contribution in [0.1, 0.15) is 37.8 Å². The zero-order valence-corrected chi connectivity index (χ0v) is 20.9. The number of nitrogens with one attached hydrogen (secondary N) is 1. The van der Waals surface area contributed by atoms with E-state index in [4.69, 9.17) is 9.47 Å². The molecule has 34 heavy (non-hydrogen) atoms. The fourth-order valence-corrected chi connectivity index (χ4v) is 4.76. The summed E-state index contributed by atoms with van der Waals surface area (Å²) < 4.78 is 34.8. The number of pyridine rings is 1. The van der Waals surface area contributed by atoms with Gasteiger partial charge in [0.1, 0.15) is 15.9 Å². The van der Waals surface area contributed by atoms with Gasteiger partial charge in [0, 0.05) is 49.6 Å². The van der Waals surface area contributed by atoms with E-state index in [1.165, 1.54) is 11.2 Å². The summed E-state index contributed by atoms with van der Waals surface area (Å²) in [7, 11) is -1.47. The molecule has 2 atom stereocenters. The van der Waals surface area contributed by atoms with Gasteiger partial charge in [-0.05, 0) is 37.0 Å². The Kier molecular flexibility index (Phi) is 8.24. The summed E-state index contributed by atoms with van der Waals surface area (Å²) in [5.74, 6) is 1.64. The summed E-state index contributed by atoms with van der Waals surface area (Å²) in [6, 6.07) is 7.46. The molecule has 2 aromatic rings. The highest BCUT2D eigenvalue weighted by Gasteiger charge is 2.30. The highest BCUT2D eigenvalue weighted by molar-refractivity contribution is 7.90. The maximum absolute atomic E-state index is 11.5. The number of ether oxygens (including phenoxy) is 2. The first-order valence-electron chi connectivity index (χ1n) is 11.4. The molecule has 0 spiro atoms. The molecule has 1 fully saturated rings. The van der Waals surface area contributed by atoms with Gasteiger partial charge in [-0.3, -0.25) is 0 Å². The van der Waals surface area contributed by atoms with Crippen molar-refractivity contribution in [2.24, 2.45) is 0 Å². The van der Waals surface area contributed by atoms with E-state index in [-0.39, 0.29) is 17.9 Å². The Morgan fingerprint density at radius 3 is 2.71 bits per heavy atom. The second-order valence-corrected chi connectivity index (χ2v) is 10.9. The van der Waals surface area contributed by atoms with Gasteiger partial charge in [0.15, 0.2) is 11.6 Å². The Hall–Kier alpha value is -3.01. The topological polar surface area (TPSA) is 118 Å². The third-order valence-corrected chi connectivity index (χ3v) is 6.95. The van der Waals surface area contributed by atoms with Crippen molar-refractivity contribution >= 4 is 27.4 Å². The van der Waals surface area contributed by atoms with E-state index in [9.17, 15) is 18.3 Å². The average molecular weight is 492 g/mol. The molecule has 1 saturated heterocycles. The first kappa shape index (κ1) is 25.6. The predicted octanol–water partition coefficient (Wildman–Crippen LogP) is 3.89. The number of aryl methyl sites for hydroxylation is 2. The highest BCUT2D eigenvalue weighted by Crippen LogP contribution is 2.37. The number of likely N-dealkylation sites (tertiary alicyclic amines) is 1. The number of benzene rings is 1. The quantitative estimate of drug-likeness (QED) is 0.542. The van der Waals surface area contributed by atoms with E-state index < -0.39 is 15.9 Å². The van der Waals surface area contributed by atoms with Crippen LogP contribution in [0.25, 0.3) is 0 Å². The first-order chi connectivity index (χ1) is 16.1. The molecule has 2 heterocycles. The van der Waals surface area contributed by atoms with Crippen LogP contribution in [0.5, 0.6) is 11.5 Å². The van der Waals surface area contributed by atoms with E-state index in [1.807, 2.05) is 32.0 Å². The van der Waals surface area contributed by atoms with Crippen molar-refractivity contribution < 1.29 is 27.8 Å². The van der Waals surface area contributed by atoms with E-state index in [0.29, 0.717) is 43.1 Å². The van der Waals surface area contributed by atoms with Crippen LogP contribution < -0.4 is 14.8 Å². The standard InChI is InChI=1S/C24H33N3O6S/c1-5-18-15-17(10-13-34(4,30)31)6-7-20(18)26-23-22(32-3)21(8-11-25-23)33-19-9-12-27(24(28)29)16(2)14-19/h6-8,11,15-16,19H,5,9-10,12-14H2,1-4H3,(H,25,26)(H,28,29)/t16-,19?/m0/s1. The molecule has 0 bridgehead atoms. The Morgan fingerprint density at radius 2 is 2.09 bits per heavy atom. The number of sulfone groups is 1. The van der Waals surface area contributed by atoms with Gasteiger partial charge in [-0.15, -0.1) is 0 Å². The Labute approximate surface area is 201 Å². The third kappa shape index (κ3) is 6.53. The van der Waals surface area contributed by atoms with Crippen molar-refractivity contribution in [3.05, 3.63) is 41.6 Å². The van der Waals surface area contributed by atoms with E-state index in [2.05, 4.69) is 10.3 Å². The molecule has 1 aromatic heterocycles. The molecule has 0 saturated carbocycles. The van der Waals surface area contributed by atoms with E-state index >= 15 is 0 Å². The Bertz CT molecular complexity index is 1120. The molecule has 0 radical (unpaired) electrons. The van der Waals surface area contributed by atoms with Crippen LogP contribution >= 0.6 is 0 Å². The molecule has 9 nitrogen and oxygen atoms in total. The molecule has 1 aliphatic rings. The Morgan fingerprint density at radius 1 is 1.32 bits per heavy atom. The lowest BCUT2D eigenvalue weighted by molar-refractivity contribution is 0.0592. The van der Waals surface area contributed by atoms with Crippen molar-refractivity contribution in [3.63, 3.8) is 0 Å². The zero-order valence-electron chi connectivity index (χ0n) is 20.1. The van der Waals surface area contributed by atoms with Crippen LogP contribution in [-0.4, -0.2) is 67.3 Å². The summed E-state index contributed by atoms with van der Waals surface area (Å²) in [4.78, 5) is 17.2. The van der Waals surface area contributed by atoms with Crippen LogP contribution in [-0.2, 0) is 22.7 Å². The minimum Gasteiger partial charge on any atom is -0.490 e. The van der Waals surface area contributed by atoms with E-state index in [1.54, 1.807) is 19.4 Å². The first-order valence-corrected chi connectivity index (χ1v) is 13.4. The molecule has 1 aliphatic heterocycles. The minimum atomic E-state index is -3.03. The van der Waals surface area contributed by atoms with Crippen LogP contribution in [0, 0.1) is 0 Å². The van der Waals surface area contributed by atoms with Crippen LogP contribution in [0.15, 0.2) is 30.5 Å². The zero-order chi connectivity index (χ0) is 24.9. The van der Waals surface area contributed by atoms with Gasteiger partial charge in [0.25, 0.3) is 0 Å². The van der Waals surface area contributed by atoms with Crippen molar-refractivity contribution in [1.29, 1.82) is 0 Å². The van der Waals surface area contributed by atoms with Crippen LogP contribution in [0.4, 0.5) is 16.3 Å². The fraction of sp³-hybridized carbons (Fsp3) is 0.500. The van der Waals surface area contributed by atoms with Crippen molar-refractivity contribution in [2.45, 2.75) is 51.7 Å². The number of carbonyl (C=O) groups is 1. The van der Waals surface area contributed by atoms with E-state index in [0.717, 1.165) is 23.2 Å². The molecule has 0 aliphatic carbocycles. The SMILES string of the molecule is CCc1cc(CCS(C)(=O)=O)ccc1Nc1nccc(OC2CCN(C(=O)O)[C@@H](C)C2)c1OC. The number of nitrogens with zero attached hydrogens (tertiary/aromatic N) is 2. The number of methoxy groups -OCH3 is 1. The van der Waals surface area contributed by atoms with Gasteiger partial charge in [-0.1, -0.05) is 19.1 Å².